The van der Waals surface area contributed by atoms with Crippen LogP contribution in [-0.2, 0) is 4.74 Å². The maximum Gasteiger partial charge on any atom is 0.522 e. The van der Waals surface area contributed by atoms with Gasteiger partial charge in [0.15, 0.2) is 0 Å². The highest BCUT2D eigenvalue weighted by atomic mass is 19.4. The Morgan fingerprint density at radius 3 is 2.75 bits per heavy atom. The van der Waals surface area contributed by atoms with Crippen molar-refractivity contribution in [3.63, 3.8) is 0 Å². The molecule has 0 aromatic carbocycles. The van der Waals surface area contributed by atoms with Crippen LogP contribution in [0.4, 0.5) is 13.2 Å². The Morgan fingerprint density at radius 2 is 2.19 bits per heavy atom. The van der Waals surface area contributed by atoms with Crippen molar-refractivity contribution in [2.24, 2.45) is 11.7 Å². The predicted octanol–water partition coefficient (Wildman–Crippen LogP) is 1.58. The Labute approximate surface area is 93.7 Å². The van der Waals surface area contributed by atoms with Gasteiger partial charge in [0, 0.05) is 19.1 Å². The van der Waals surface area contributed by atoms with Crippen LogP contribution in [0.25, 0.3) is 0 Å². The molecule has 0 aromatic heterocycles. The SMILES string of the molecule is CC(N)C1CCCN(CCOC(F)(F)F)C1. The molecule has 2 N–H and O–H groups in total. The summed E-state index contributed by atoms with van der Waals surface area (Å²) in [6, 6.07) is 0.103. The highest BCUT2D eigenvalue weighted by Crippen LogP contribution is 2.19. The molecule has 2 unspecified atom stereocenters. The fourth-order valence-corrected chi connectivity index (χ4v) is 2.01. The van der Waals surface area contributed by atoms with Gasteiger partial charge in [-0.1, -0.05) is 0 Å². The molecule has 3 nitrogen and oxygen atoms in total. The predicted molar refractivity (Wildman–Crippen MR) is 54.8 cm³/mol. The average Bonchev–Trinajstić information content (AvgIpc) is 2.16. The second-order valence-corrected chi connectivity index (χ2v) is 4.36. The normalized spacial score (nSPS) is 25.7. The molecule has 0 radical (unpaired) electrons. The van der Waals surface area contributed by atoms with Crippen LogP contribution in [-0.4, -0.2) is 43.5 Å². The molecular formula is C10H19F3N2O. The number of rotatable bonds is 4. The summed E-state index contributed by atoms with van der Waals surface area (Å²) in [5, 5.41) is 0. The first-order valence-electron chi connectivity index (χ1n) is 5.57. The molecule has 0 amide bonds. The molecule has 1 saturated heterocycles. The van der Waals surface area contributed by atoms with Gasteiger partial charge in [-0.25, -0.2) is 0 Å². The van der Waals surface area contributed by atoms with E-state index in [0.29, 0.717) is 12.5 Å². The molecule has 0 aromatic rings. The average molecular weight is 240 g/mol. The van der Waals surface area contributed by atoms with Crippen molar-refractivity contribution in [3.8, 4) is 0 Å². The molecule has 6 heteroatoms. The van der Waals surface area contributed by atoms with Gasteiger partial charge in [-0.15, -0.1) is 13.2 Å². The zero-order chi connectivity index (χ0) is 12.2. The highest BCUT2D eigenvalue weighted by Gasteiger charge is 2.29. The van der Waals surface area contributed by atoms with Crippen LogP contribution in [0.5, 0.6) is 0 Å². The molecule has 2 atom stereocenters. The maximum atomic E-state index is 11.8. The molecule has 1 rings (SSSR count). The van der Waals surface area contributed by atoms with Gasteiger partial charge in [0.25, 0.3) is 0 Å². The molecular weight excluding hydrogens is 221 g/mol. The fraction of sp³-hybridized carbons (Fsp3) is 1.00. The molecule has 0 aliphatic carbocycles. The third-order valence-corrected chi connectivity index (χ3v) is 2.96. The van der Waals surface area contributed by atoms with Crippen LogP contribution in [0, 0.1) is 5.92 Å². The summed E-state index contributed by atoms with van der Waals surface area (Å²) in [5.74, 6) is 0.389. The van der Waals surface area contributed by atoms with Gasteiger partial charge < -0.3 is 10.6 Å². The van der Waals surface area contributed by atoms with E-state index < -0.39 is 6.36 Å². The zero-order valence-corrected chi connectivity index (χ0v) is 9.46. The third-order valence-electron chi connectivity index (χ3n) is 2.96. The lowest BCUT2D eigenvalue weighted by Gasteiger charge is -2.34. The number of hydrogen-bond acceptors (Lipinski definition) is 3. The van der Waals surface area contributed by atoms with Gasteiger partial charge in [0.05, 0.1) is 6.61 Å². The molecule has 0 bridgehead atoms. The Morgan fingerprint density at radius 1 is 1.50 bits per heavy atom. The van der Waals surface area contributed by atoms with E-state index >= 15 is 0 Å². The molecule has 1 aliphatic heterocycles. The number of hydrogen-bond donors (Lipinski definition) is 1. The minimum atomic E-state index is -4.52. The molecule has 1 fully saturated rings. The first-order valence-corrected chi connectivity index (χ1v) is 5.57. The van der Waals surface area contributed by atoms with Crippen molar-refractivity contribution in [2.75, 3.05) is 26.2 Å². The highest BCUT2D eigenvalue weighted by molar-refractivity contribution is 4.78. The van der Waals surface area contributed by atoms with Crippen LogP contribution in [0.3, 0.4) is 0 Å². The van der Waals surface area contributed by atoms with E-state index in [1.807, 2.05) is 11.8 Å². The Hall–Kier alpha value is -0.330. The van der Waals surface area contributed by atoms with E-state index in [9.17, 15) is 13.2 Å². The van der Waals surface area contributed by atoms with E-state index in [-0.39, 0.29) is 12.6 Å². The fourth-order valence-electron chi connectivity index (χ4n) is 2.01. The zero-order valence-electron chi connectivity index (χ0n) is 9.46. The number of nitrogens with zero attached hydrogens (tertiary/aromatic N) is 1. The first-order chi connectivity index (χ1) is 7.38. The van der Waals surface area contributed by atoms with Gasteiger partial charge in [-0.2, -0.15) is 0 Å². The van der Waals surface area contributed by atoms with Gasteiger partial charge in [0.2, 0.25) is 0 Å². The lowest BCUT2D eigenvalue weighted by atomic mass is 9.92. The summed E-state index contributed by atoms with van der Waals surface area (Å²) >= 11 is 0. The number of ether oxygens (including phenoxy) is 1. The van der Waals surface area contributed by atoms with Crippen molar-refractivity contribution in [1.82, 2.24) is 4.90 Å². The smallest absolute Gasteiger partial charge is 0.328 e. The summed E-state index contributed by atoms with van der Waals surface area (Å²) in [7, 11) is 0. The quantitative estimate of drug-likeness (QED) is 0.811. The Kier molecular flexibility index (Phi) is 5.01. The van der Waals surface area contributed by atoms with Crippen molar-refractivity contribution >= 4 is 0 Å². The number of halogens is 3. The van der Waals surface area contributed by atoms with Crippen molar-refractivity contribution in [2.45, 2.75) is 32.2 Å². The standard InChI is InChI=1S/C10H19F3N2O/c1-8(14)9-3-2-4-15(7-9)5-6-16-10(11,12)13/h8-9H,2-7,14H2,1H3. The number of likely N-dealkylation sites (tertiary alicyclic amines) is 1. The Bertz CT molecular complexity index is 209. The molecule has 96 valence electrons. The van der Waals surface area contributed by atoms with E-state index in [0.717, 1.165) is 25.9 Å². The minimum absolute atomic E-state index is 0.103. The molecule has 16 heavy (non-hydrogen) atoms. The van der Waals surface area contributed by atoms with Gasteiger partial charge in [0.1, 0.15) is 0 Å². The molecule has 0 spiro atoms. The maximum absolute atomic E-state index is 11.8. The number of alkyl halides is 3. The van der Waals surface area contributed by atoms with Crippen LogP contribution in [0.2, 0.25) is 0 Å². The topological polar surface area (TPSA) is 38.5 Å². The van der Waals surface area contributed by atoms with Gasteiger partial charge in [-0.3, -0.25) is 4.74 Å². The second kappa shape index (κ2) is 5.84. The monoisotopic (exact) mass is 240 g/mol. The van der Waals surface area contributed by atoms with E-state index in [1.54, 1.807) is 0 Å². The van der Waals surface area contributed by atoms with Crippen LogP contribution in [0.15, 0.2) is 0 Å². The second-order valence-electron chi connectivity index (χ2n) is 4.36. The summed E-state index contributed by atoms with van der Waals surface area (Å²) in [6.07, 6.45) is -2.46. The van der Waals surface area contributed by atoms with Crippen molar-refractivity contribution in [3.05, 3.63) is 0 Å². The summed E-state index contributed by atoms with van der Waals surface area (Å²) in [5.41, 5.74) is 5.79. The van der Waals surface area contributed by atoms with E-state index in [4.69, 9.17) is 5.73 Å². The van der Waals surface area contributed by atoms with Crippen LogP contribution < -0.4 is 5.73 Å². The summed E-state index contributed by atoms with van der Waals surface area (Å²) in [4.78, 5) is 1.99. The molecule has 1 aliphatic rings. The number of nitrogens with two attached hydrogens (primary N) is 1. The number of piperidine rings is 1. The lowest BCUT2D eigenvalue weighted by molar-refractivity contribution is -0.325. The van der Waals surface area contributed by atoms with E-state index in [2.05, 4.69) is 4.74 Å². The van der Waals surface area contributed by atoms with Crippen molar-refractivity contribution < 1.29 is 17.9 Å². The first kappa shape index (κ1) is 13.7. The van der Waals surface area contributed by atoms with Gasteiger partial charge in [-0.05, 0) is 32.2 Å². The van der Waals surface area contributed by atoms with E-state index in [1.165, 1.54) is 0 Å². The van der Waals surface area contributed by atoms with Crippen LogP contribution >= 0.6 is 0 Å². The Balaban J connectivity index is 2.22. The largest absolute Gasteiger partial charge is 0.522 e. The molecule has 0 saturated carbocycles. The van der Waals surface area contributed by atoms with Crippen molar-refractivity contribution in [1.29, 1.82) is 0 Å². The molecule has 1 heterocycles. The summed E-state index contributed by atoms with van der Waals surface area (Å²) in [6.45, 7) is 3.58. The third kappa shape index (κ3) is 5.14. The lowest BCUT2D eigenvalue weighted by Crippen LogP contribution is -2.43. The van der Waals surface area contributed by atoms with Gasteiger partial charge >= 0.3 is 6.36 Å². The summed E-state index contributed by atoms with van der Waals surface area (Å²) < 4.78 is 39.0. The van der Waals surface area contributed by atoms with Crippen LogP contribution in [0.1, 0.15) is 19.8 Å². The minimum Gasteiger partial charge on any atom is -0.328 e.